The maximum absolute atomic E-state index is 14.7. The number of nitrogens with one attached hydrogen (secondary N) is 2. The Labute approximate surface area is 149 Å². The first-order valence-corrected chi connectivity index (χ1v) is 8.28. The monoisotopic (exact) mass is 354 g/mol. The lowest BCUT2D eigenvalue weighted by molar-refractivity contribution is 0.637. The molecule has 4 rings (SSSR count). The van der Waals surface area contributed by atoms with Crippen LogP contribution in [-0.4, -0.2) is 14.8 Å². The minimum absolute atomic E-state index is 0.0938. The Morgan fingerprint density at radius 1 is 1.20 bits per heavy atom. The van der Waals surface area contributed by atoms with Crippen LogP contribution in [0, 0.1) is 5.82 Å². The minimum Gasteiger partial charge on any atom is -0.363 e. The van der Waals surface area contributed by atoms with E-state index >= 15 is 0 Å². The number of H-pyrrole nitrogens is 1. The maximum Gasteiger partial charge on any atom is 0.168 e. The molecule has 0 aliphatic rings. The van der Waals surface area contributed by atoms with E-state index in [9.17, 15) is 4.39 Å². The van der Waals surface area contributed by atoms with Crippen LogP contribution in [0.4, 0.5) is 10.2 Å². The van der Waals surface area contributed by atoms with E-state index < -0.39 is 5.82 Å². The van der Waals surface area contributed by atoms with Gasteiger partial charge in [-0.1, -0.05) is 41.9 Å². The zero-order valence-electron chi connectivity index (χ0n) is 13.6. The third-order valence-electron chi connectivity index (χ3n) is 4.31. The average Bonchev–Trinajstić information content (AvgIpc) is 3.23. The van der Waals surface area contributed by atoms with Gasteiger partial charge < -0.3 is 9.88 Å². The predicted octanol–water partition coefficient (Wildman–Crippen LogP) is 4.97. The number of hydrogen-bond acceptors (Lipinski definition) is 2. The van der Waals surface area contributed by atoms with E-state index in [1.807, 2.05) is 66.3 Å². The summed E-state index contributed by atoms with van der Waals surface area (Å²) < 4.78 is 16.7. The fraction of sp³-hybridized carbons (Fsp3) is 0.105. The number of rotatable bonds is 4. The number of nitrogens with zero attached hydrogens (tertiary/aromatic N) is 2. The van der Waals surface area contributed by atoms with Gasteiger partial charge in [-0.2, -0.15) is 5.10 Å². The van der Waals surface area contributed by atoms with E-state index in [-0.39, 0.29) is 5.02 Å². The smallest absolute Gasteiger partial charge is 0.168 e. The van der Waals surface area contributed by atoms with Crippen LogP contribution in [0.1, 0.15) is 5.69 Å². The molecule has 2 heterocycles. The van der Waals surface area contributed by atoms with Gasteiger partial charge in [0.25, 0.3) is 0 Å². The Morgan fingerprint density at radius 2 is 2.00 bits per heavy atom. The highest BCUT2D eigenvalue weighted by atomic mass is 35.5. The summed E-state index contributed by atoms with van der Waals surface area (Å²) >= 11 is 6.25. The Hall–Kier alpha value is -2.79. The number of aromatic amines is 1. The molecule has 2 aromatic carbocycles. The molecule has 4 nitrogen and oxygen atoms in total. The third kappa shape index (κ3) is 2.76. The molecule has 0 bridgehead atoms. The van der Waals surface area contributed by atoms with Gasteiger partial charge in [0.15, 0.2) is 11.6 Å². The maximum atomic E-state index is 14.7. The molecular formula is C19H16ClFN4. The first kappa shape index (κ1) is 15.7. The Kier molecular flexibility index (Phi) is 3.93. The van der Waals surface area contributed by atoms with Crippen LogP contribution in [0.5, 0.6) is 0 Å². The summed E-state index contributed by atoms with van der Waals surface area (Å²) in [6, 6.07) is 15.4. The van der Waals surface area contributed by atoms with Crippen molar-refractivity contribution in [1.29, 1.82) is 0 Å². The number of hydrogen-bond donors (Lipinski definition) is 2. The average molecular weight is 355 g/mol. The van der Waals surface area contributed by atoms with Crippen molar-refractivity contribution in [2.24, 2.45) is 7.05 Å². The van der Waals surface area contributed by atoms with E-state index in [4.69, 9.17) is 11.6 Å². The highest BCUT2D eigenvalue weighted by Gasteiger charge is 2.17. The van der Waals surface area contributed by atoms with Gasteiger partial charge >= 0.3 is 0 Å². The van der Waals surface area contributed by atoms with Crippen LogP contribution in [-0.2, 0) is 13.6 Å². The van der Waals surface area contributed by atoms with Crippen molar-refractivity contribution < 1.29 is 4.39 Å². The lowest BCUT2D eigenvalue weighted by atomic mass is 10.0. The number of fused-ring (bicyclic) bond motifs is 1. The SMILES string of the molecule is Cn1cccc1CNc1n[nH]c2c(F)c(Cl)c(-c3ccccc3)cc12. The largest absolute Gasteiger partial charge is 0.363 e. The molecule has 2 N–H and O–H groups in total. The number of aryl methyl sites for hydroxylation is 1. The molecule has 4 aromatic rings. The Bertz CT molecular complexity index is 1040. The standard InChI is InChI=1S/C19H16ClFN4/c1-25-9-5-8-13(25)11-22-19-15-10-14(12-6-3-2-4-7-12)16(20)17(21)18(15)23-24-19/h2-10H,11H2,1H3,(H2,22,23,24). The summed E-state index contributed by atoms with van der Waals surface area (Å²) in [6.07, 6.45) is 1.98. The molecule has 0 aliphatic heterocycles. The molecule has 6 heteroatoms. The summed E-state index contributed by atoms with van der Waals surface area (Å²) in [5, 5.41) is 11.0. The van der Waals surface area contributed by atoms with E-state index in [0.29, 0.717) is 28.8 Å². The molecule has 0 atom stereocenters. The molecule has 0 radical (unpaired) electrons. The first-order chi connectivity index (χ1) is 12.1. The molecule has 2 aromatic heterocycles. The number of aromatic nitrogens is 3. The molecule has 0 saturated heterocycles. The summed E-state index contributed by atoms with van der Waals surface area (Å²) in [5.74, 6) is 0.112. The second kappa shape index (κ2) is 6.26. The van der Waals surface area contributed by atoms with Gasteiger partial charge in [0.05, 0.1) is 11.6 Å². The molecule has 0 aliphatic carbocycles. The van der Waals surface area contributed by atoms with Gasteiger partial charge in [0.1, 0.15) is 5.52 Å². The van der Waals surface area contributed by atoms with Crippen LogP contribution in [0.2, 0.25) is 5.02 Å². The van der Waals surface area contributed by atoms with Crippen molar-refractivity contribution in [3.8, 4) is 11.1 Å². The van der Waals surface area contributed by atoms with Crippen LogP contribution in [0.3, 0.4) is 0 Å². The van der Waals surface area contributed by atoms with E-state index in [1.54, 1.807) is 0 Å². The van der Waals surface area contributed by atoms with Crippen molar-refractivity contribution in [3.63, 3.8) is 0 Å². The summed E-state index contributed by atoms with van der Waals surface area (Å²) in [4.78, 5) is 0. The molecule has 25 heavy (non-hydrogen) atoms. The van der Waals surface area contributed by atoms with Crippen molar-refractivity contribution in [2.75, 3.05) is 5.32 Å². The zero-order chi connectivity index (χ0) is 17.4. The van der Waals surface area contributed by atoms with Gasteiger partial charge in [0, 0.05) is 29.9 Å². The normalized spacial score (nSPS) is 11.2. The third-order valence-corrected chi connectivity index (χ3v) is 4.68. The summed E-state index contributed by atoms with van der Waals surface area (Å²) in [6.45, 7) is 0.592. The van der Waals surface area contributed by atoms with Crippen LogP contribution in [0.25, 0.3) is 22.0 Å². The van der Waals surface area contributed by atoms with Crippen LogP contribution >= 0.6 is 11.6 Å². The molecule has 0 saturated carbocycles. The van der Waals surface area contributed by atoms with E-state index in [2.05, 4.69) is 15.5 Å². The molecule has 0 amide bonds. The molecular weight excluding hydrogens is 339 g/mol. The Balaban J connectivity index is 1.77. The van der Waals surface area contributed by atoms with Crippen LogP contribution < -0.4 is 5.32 Å². The Morgan fingerprint density at radius 3 is 2.72 bits per heavy atom. The van der Waals surface area contributed by atoms with Gasteiger partial charge in [-0.3, -0.25) is 5.10 Å². The topological polar surface area (TPSA) is 45.6 Å². The van der Waals surface area contributed by atoms with Gasteiger partial charge in [0.2, 0.25) is 0 Å². The summed E-state index contributed by atoms with van der Waals surface area (Å²) in [5.41, 5.74) is 2.92. The minimum atomic E-state index is -0.488. The highest BCUT2D eigenvalue weighted by Crippen LogP contribution is 2.36. The summed E-state index contributed by atoms with van der Waals surface area (Å²) in [7, 11) is 1.98. The quantitative estimate of drug-likeness (QED) is 0.543. The second-order valence-corrected chi connectivity index (χ2v) is 6.25. The fourth-order valence-electron chi connectivity index (χ4n) is 2.91. The predicted molar refractivity (Wildman–Crippen MR) is 99.2 cm³/mol. The van der Waals surface area contributed by atoms with Crippen molar-refractivity contribution in [1.82, 2.24) is 14.8 Å². The molecule has 126 valence electrons. The van der Waals surface area contributed by atoms with Crippen molar-refractivity contribution >= 4 is 28.3 Å². The highest BCUT2D eigenvalue weighted by molar-refractivity contribution is 6.34. The van der Waals surface area contributed by atoms with Gasteiger partial charge in [-0.05, 0) is 23.8 Å². The number of anilines is 1. The molecule has 0 spiro atoms. The lowest BCUT2D eigenvalue weighted by Crippen LogP contribution is -2.04. The number of halogens is 2. The lowest BCUT2D eigenvalue weighted by Gasteiger charge is -2.08. The molecule has 0 unspecified atom stereocenters. The van der Waals surface area contributed by atoms with Gasteiger partial charge in [-0.25, -0.2) is 4.39 Å². The number of benzene rings is 2. The van der Waals surface area contributed by atoms with E-state index in [0.717, 1.165) is 11.3 Å². The zero-order valence-corrected chi connectivity index (χ0v) is 14.3. The van der Waals surface area contributed by atoms with Crippen LogP contribution in [0.15, 0.2) is 54.7 Å². The van der Waals surface area contributed by atoms with Crippen molar-refractivity contribution in [2.45, 2.75) is 6.54 Å². The van der Waals surface area contributed by atoms with Gasteiger partial charge in [-0.15, -0.1) is 0 Å². The molecule has 0 fully saturated rings. The fourth-order valence-corrected chi connectivity index (χ4v) is 3.17. The van der Waals surface area contributed by atoms with E-state index in [1.165, 1.54) is 0 Å². The second-order valence-electron chi connectivity index (χ2n) is 5.88. The van der Waals surface area contributed by atoms with Crippen molar-refractivity contribution in [3.05, 3.63) is 71.3 Å². The first-order valence-electron chi connectivity index (χ1n) is 7.90.